The SMILES string of the molecule is O=C(O)COC1CCN(C(=O)N2CCNCC2)CC1. The summed E-state index contributed by atoms with van der Waals surface area (Å²) in [6, 6.07) is 0.0955. The Kier molecular flexibility index (Phi) is 4.98. The number of rotatable bonds is 3. The van der Waals surface area contributed by atoms with Crippen LogP contribution in [0.15, 0.2) is 0 Å². The van der Waals surface area contributed by atoms with Crippen molar-refractivity contribution in [3.63, 3.8) is 0 Å². The van der Waals surface area contributed by atoms with Crippen molar-refractivity contribution in [2.75, 3.05) is 45.9 Å². The van der Waals surface area contributed by atoms with Crippen LogP contribution in [0, 0.1) is 0 Å². The molecule has 0 radical (unpaired) electrons. The van der Waals surface area contributed by atoms with Gasteiger partial charge in [0.05, 0.1) is 6.10 Å². The zero-order chi connectivity index (χ0) is 13.7. The van der Waals surface area contributed by atoms with E-state index in [4.69, 9.17) is 9.84 Å². The second-order valence-electron chi connectivity index (χ2n) is 4.91. The minimum absolute atomic E-state index is 0.0387. The van der Waals surface area contributed by atoms with Crippen molar-refractivity contribution in [1.29, 1.82) is 0 Å². The summed E-state index contributed by atoms with van der Waals surface area (Å²) in [5.74, 6) is -0.945. The number of aliphatic carboxylic acids is 1. The number of piperazine rings is 1. The Hall–Kier alpha value is -1.34. The smallest absolute Gasteiger partial charge is 0.329 e. The van der Waals surface area contributed by atoms with Gasteiger partial charge < -0.3 is 25.0 Å². The van der Waals surface area contributed by atoms with Gasteiger partial charge in [-0.25, -0.2) is 9.59 Å². The summed E-state index contributed by atoms with van der Waals surface area (Å²) in [6.07, 6.45) is 1.39. The number of urea groups is 1. The highest BCUT2D eigenvalue weighted by molar-refractivity contribution is 5.74. The average molecular weight is 271 g/mol. The summed E-state index contributed by atoms with van der Waals surface area (Å²) in [5, 5.41) is 11.8. The summed E-state index contributed by atoms with van der Waals surface area (Å²) < 4.78 is 5.26. The lowest BCUT2D eigenvalue weighted by atomic mass is 10.1. The zero-order valence-electron chi connectivity index (χ0n) is 11.0. The third-order valence-electron chi connectivity index (χ3n) is 3.54. The maximum atomic E-state index is 12.2. The molecule has 2 N–H and O–H groups in total. The van der Waals surface area contributed by atoms with Crippen LogP contribution in [0.5, 0.6) is 0 Å². The number of amides is 2. The number of carboxylic acids is 1. The monoisotopic (exact) mass is 271 g/mol. The van der Waals surface area contributed by atoms with Crippen LogP contribution in [0.2, 0.25) is 0 Å². The van der Waals surface area contributed by atoms with Gasteiger partial charge in [0.15, 0.2) is 0 Å². The molecule has 0 aromatic heterocycles. The molecule has 2 amide bonds. The maximum absolute atomic E-state index is 12.2. The summed E-state index contributed by atoms with van der Waals surface area (Å²) in [7, 11) is 0. The van der Waals surface area contributed by atoms with Gasteiger partial charge in [-0.15, -0.1) is 0 Å². The molecule has 0 atom stereocenters. The molecule has 2 fully saturated rings. The van der Waals surface area contributed by atoms with Crippen molar-refractivity contribution >= 4 is 12.0 Å². The van der Waals surface area contributed by atoms with E-state index in [0.29, 0.717) is 25.9 Å². The third kappa shape index (κ3) is 4.07. The summed E-state index contributed by atoms with van der Waals surface area (Å²) >= 11 is 0. The van der Waals surface area contributed by atoms with Crippen molar-refractivity contribution in [3.05, 3.63) is 0 Å². The number of piperidine rings is 1. The van der Waals surface area contributed by atoms with Crippen LogP contribution in [-0.4, -0.2) is 78.9 Å². The van der Waals surface area contributed by atoms with Crippen LogP contribution in [0.1, 0.15) is 12.8 Å². The highest BCUT2D eigenvalue weighted by Crippen LogP contribution is 2.15. The largest absolute Gasteiger partial charge is 0.480 e. The first-order chi connectivity index (χ1) is 9.16. The molecule has 7 heteroatoms. The Morgan fingerprint density at radius 3 is 2.26 bits per heavy atom. The predicted octanol–water partition coefficient (Wildman–Crippen LogP) is -0.423. The second kappa shape index (κ2) is 6.72. The molecule has 2 aliphatic heterocycles. The molecule has 0 saturated carbocycles. The number of ether oxygens (including phenoxy) is 1. The van der Waals surface area contributed by atoms with Crippen LogP contribution in [-0.2, 0) is 9.53 Å². The number of carboxylic acid groups (broad SMARTS) is 1. The van der Waals surface area contributed by atoms with E-state index >= 15 is 0 Å². The zero-order valence-corrected chi connectivity index (χ0v) is 11.0. The first-order valence-electron chi connectivity index (χ1n) is 6.75. The Labute approximate surface area is 112 Å². The van der Waals surface area contributed by atoms with Crippen LogP contribution in [0.3, 0.4) is 0 Å². The second-order valence-corrected chi connectivity index (χ2v) is 4.91. The molecular weight excluding hydrogens is 250 g/mol. The summed E-state index contributed by atoms with van der Waals surface area (Å²) in [5.41, 5.74) is 0. The van der Waals surface area contributed by atoms with Crippen LogP contribution in [0.4, 0.5) is 4.79 Å². The lowest BCUT2D eigenvalue weighted by molar-refractivity contribution is -0.145. The van der Waals surface area contributed by atoms with E-state index in [1.807, 2.05) is 9.80 Å². The number of hydrogen-bond acceptors (Lipinski definition) is 4. The molecule has 0 spiro atoms. The predicted molar refractivity (Wildman–Crippen MR) is 68.0 cm³/mol. The van der Waals surface area contributed by atoms with E-state index in [2.05, 4.69) is 5.32 Å². The minimum atomic E-state index is -0.945. The number of carbonyl (C=O) groups is 2. The minimum Gasteiger partial charge on any atom is -0.480 e. The van der Waals surface area contributed by atoms with Crippen molar-refractivity contribution in [1.82, 2.24) is 15.1 Å². The highest BCUT2D eigenvalue weighted by atomic mass is 16.5. The molecular formula is C12H21N3O4. The van der Waals surface area contributed by atoms with Gasteiger partial charge in [0.25, 0.3) is 0 Å². The molecule has 0 aliphatic carbocycles. The fourth-order valence-corrected chi connectivity index (χ4v) is 2.46. The number of nitrogens with one attached hydrogen (secondary N) is 1. The van der Waals surface area contributed by atoms with E-state index in [-0.39, 0.29) is 18.7 Å². The molecule has 0 bridgehead atoms. The van der Waals surface area contributed by atoms with Gasteiger partial charge >= 0.3 is 12.0 Å². The molecule has 0 unspecified atom stereocenters. The average Bonchev–Trinajstić information content (AvgIpc) is 2.46. The third-order valence-corrected chi connectivity index (χ3v) is 3.54. The number of hydrogen-bond donors (Lipinski definition) is 2. The van der Waals surface area contributed by atoms with Gasteiger partial charge in [-0.05, 0) is 12.8 Å². The van der Waals surface area contributed by atoms with E-state index in [1.54, 1.807) is 0 Å². The van der Waals surface area contributed by atoms with E-state index in [1.165, 1.54) is 0 Å². The fraction of sp³-hybridized carbons (Fsp3) is 0.833. The lowest BCUT2D eigenvalue weighted by Crippen LogP contribution is -2.53. The molecule has 7 nitrogen and oxygen atoms in total. The summed E-state index contributed by atoms with van der Waals surface area (Å²) in [4.78, 5) is 26.3. The van der Waals surface area contributed by atoms with Gasteiger partial charge in [-0.1, -0.05) is 0 Å². The first kappa shape index (κ1) is 14.1. The van der Waals surface area contributed by atoms with E-state index < -0.39 is 5.97 Å². The summed E-state index contributed by atoms with van der Waals surface area (Å²) in [6.45, 7) is 4.26. The number of likely N-dealkylation sites (tertiary alicyclic amines) is 1. The Morgan fingerprint density at radius 1 is 1.11 bits per heavy atom. The lowest BCUT2D eigenvalue weighted by Gasteiger charge is -2.37. The quantitative estimate of drug-likeness (QED) is 0.728. The highest BCUT2D eigenvalue weighted by Gasteiger charge is 2.27. The Balaban J connectivity index is 1.72. The van der Waals surface area contributed by atoms with Gasteiger partial charge in [0, 0.05) is 39.3 Å². The van der Waals surface area contributed by atoms with E-state index in [0.717, 1.165) is 26.2 Å². The Bertz CT molecular complexity index is 323. The Morgan fingerprint density at radius 2 is 1.68 bits per heavy atom. The van der Waals surface area contributed by atoms with Crippen molar-refractivity contribution in [2.45, 2.75) is 18.9 Å². The number of carbonyl (C=O) groups excluding carboxylic acids is 1. The van der Waals surface area contributed by atoms with Gasteiger partial charge in [-0.2, -0.15) is 0 Å². The molecule has 0 aromatic rings. The fourth-order valence-electron chi connectivity index (χ4n) is 2.46. The molecule has 19 heavy (non-hydrogen) atoms. The van der Waals surface area contributed by atoms with E-state index in [9.17, 15) is 9.59 Å². The van der Waals surface area contributed by atoms with Crippen molar-refractivity contribution in [3.8, 4) is 0 Å². The topological polar surface area (TPSA) is 82.1 Å². The molecule has 108 valence electrons. The van der Waals surface area contributed by atoms with Gasteiger partial charge in [-0.3, -0.25) is 0 Å². The molecule has 2 aliphatic rings. The van der Waals surface area contributed by atoms with Gasteiger partial charge in [0.1, 0.15) is 6.61 Å². The van der Waals surface area contributed by atoms with Crippen LogP contribution >= 0.6 is 0 Å². The van der Waals surface area contributed by atoms with Crippen molar-refractivity contribution < 1.29 is 19.4 Å². The molecule has 2 saturated heterocycles. The molecule has 2 rings (SSSR count). The number of nitrogens with zero attached hydrogens (tertiary/aromatic N) is 2. The maximum Gasteiger partial charge on any atom is 0.329 e. The molecule has 2 heterocycles. The standard InChI is InChI=1S/C12H21N3O4/c16-11(17)9-19-10-1-5-14(6-2-10)12(18)15-7-3-13-4-8-15/h10,13H,1-9H2,(H,16,17). The van der Waals surface area contributed by atoms with Crippen LogP contribution < -0.4 is 5.32 Å². The van der Waals surface area contributed by atoms with Crippen LogP contribution in [0.25, 0.3) is 0 Å². The molecule has 0 aromatic carbocycles. The first-order valence-corrected chi connectivity index (χ1v) is 6.75. The normalized spacial score (nSPS) is 21.5. The van der Waals surface area contributed by atoms with Crippen molar-refractivity contribution in [2.24, 2.45) is 0 Å². The van der Waals surface area contributed by atoms with Gasteiger partial charge in [0.2, 0.25) is 0 Å².